The van der Waals surface area contributed by atoms with Crippen LogP contribution in [-0.4, -0.2) is 28.6 Å². The lowest BCUT2D eigenvalue weighted by atomic mass is 10.0. The molecule has 2 heterocycles. The maximum atomic E-state index is 12.0. The van der Waals surface area contributed by atoms with Crippen LogP contribution in [0.15, 0.2) is 71.3 Å². The summed E-state index contributed by atoms with van der Waals surface area (Å²) >= 11 is 0. The Morgan fingerprint density at radius 3 is 2.64 bits per heavy atom. The topological polar surface area (TPSA) is 69.3 Å². The van der Waals surface area contributed by atoms with Crippen molar-refractivity contribution in [3.05, 3.63) is 84.1 Å². The highest BCUT2D eigenvalue weighted by molar-refractivity contribution is 5.91. The number of nitrogens with one attached hydrogen (secondary N) is 1. The Morgan fingerprint density at radius 1 is 1.06 bits per heavy atom. The molecule has 2 aromatic carbocycles. The van der Waals surface area contributed by atoms with E-state index in [2.05, 4.69) is 41.9 Å². The van der Waals surface area contributed by atoms with E-state index in [1.807, 2.05) is 30.3 Å². The molecule has 0 radical (unpaired) electrons. The van der Waals surface area contributed by atoms with Crippen LogP contribution < -0.4 is 10.1 Å². The van der Waals surface area contributed by atoms with Gasteiger partial charge in [0.25, 0.3) is 5.91 Å². The molecule has 0 fully saturated rings. The molecule has 0 bridgehead atoms. The van der Waals surface area contributed by atoms with E-state index >= 15 is 0 Å². The quantitative estimate of drug-likeness (QED) is 0.306. The second-order valence-corrected chi connectivity index (χ2v) is 8.43. The van der Waals surface area contributed by atoms with Crippen LogP contribution in [-0.2, 0) is 13.0 Å². The van der Waals surface area contributed by atoms with Gasteiger partial charge in [-0.05, 0) is 60.7 Å². The molecule has 0 spiro atoms. The number of hydrogen-bond donors (Lipinski definition) is 1. The number of rotatable bonds is 11. The predicted molar refractivity (Wildman–Crippen MR) is 130 cm³/mol. The van der Waals surface area contributed by atoms with Crippen LogP contribution in [0.1, 0.15) is 54.5 Å². The average molecular weight is 446 g/mol. The number of nitrogens with zero attached hydrogens (tertiary/aromatic N) is 2. The molecular weight excluding hydrogens is 414 g/mol. The van der Waals surface area contributed by atoms with E-state index in [4.69, 9.17) is 14.1 Å². The van der Waals surface area contributed by atoms with E-state index in [-0.39, 0.29) is 5.91 Å². The number of aromatic nitrogens is 2. The number of aryl methyl sites for hydroxylation is 2. The smallest absolute Gasteiger partial charge is 0.286 e. The number of furan rings is 1. The van der Waals surface area contributed by atoms with Gasteiger partial charge in [-0.15, -0.1) is 0 Å². The summed E-state index contributed by atoms with van der Waals surface area (Å²) in [7, 11) is 0. The molecule has 33 heavy (non-hydrogen) atoms. The van der Waals surface area contributed by atoms with Crippen LogP contribution in [0.3, 0.4) is 0 Å². The summed E-state index contributed by atoms with van der Waals surface area (Å²) in [6, 6.07) is 19.9. The molecule has 1 amide bonds. The Bertz CT molecular complexity index is 1160. The van der Waals surface area contributed by atoms with Gasteiger partial charge in [0.15, 0.2) is 5.76 Å². The van der Waals surface area contributed by atoms with Crippen molar-refractivity contribution in [1.29, 1.82) is 0 Å². The highest BCUT2D eigenvalue weighted by atomic mass is 16.5. The number of fused-ring (bicyclic) bond motifs is 1. The first-order valence-electron chi connectivity index (χ1n) is 11.6. The number of carbonyl (C=O) groups is 1. The first kappa shape index (κ1) is 22.6. The molecule has 0 saturated heterocycles. The fourth-order valence-corrected chi connectivity index (χ4v) is 3.87. The van der Waals surface area contributed by atoms with Crippen molar-refractivity contribution in [1.82, 2.24) is 14.9 Å². The molecule has 6 heteroatoms. The number of carbonyl (C=O) groups excluding carboxylic acids is 1. The minimum atomic E-state index is -0.188. The minimum absolute atomic E-state index is 0.188. The standard InChI is InChI=1S/C27H31N3O3/c1-20(2)21-12-14-22(15-13-21)32-19-7-17-30-24-9-4-3-8-23(24)29-26(30)11-5-16-28-27(31)25-10-6-18-33-25/h3-4,6,8-10,12-15,18,20H,5,7,11,16-17,19H2,1-2H3,(H,28,31). The lowest BCUT2D eigenvalue weighted by Gasteiger charge is -2.11. The lowest BCUT2D eigenvalue weighted by Crippen LogP contribution is -2.24. The van der Waals surface area contributed by atoms with E-state index in [0.717, 1.165) is 48.4 Å². The molecule has 6 nitrogen and oxygen atoms in total. The molecule has 2 aromatic heterocycles. The van der Waals surface area contributed by atoms with Gasteiger partial charge in [0.05, 0.1) is 23.9 Å². The molecule has 0 aliphatic rings. The Labute approximate surface area is 194 Å². The van der Waals surface area contributed by atoms with Gasteiger partial charge in [-0.25, -0.2) is 4.98 Å². The lowest BCUT2D eigenvalue weighted by molar-refractivity contribution is 0.0925. The number of benzene rings is 2. The first-order valence-corrected chi connectivity index (χ1v) is 11.6. The van der Waals surface area contributed by atoms with Crippen molar-refractivity contribution in [3.63, 3.8) is 0 Å². The maximum absolute atomic E-state index is 12.0. The first-order chi connectivity index (χ1) is 16.1. The van der Waals surface area contributed by atoms with Crippen molar-refractivity contribution in [2.75, 3.05) is 13.2 Å². The fraction of sp³-hybridized carbons (Fsp3) is 0.333. The predicted octanol–water partition coefficient (Wildman–Crippen LogP) is 5.58. The molecule has 0 aliphatic carbocycles. The summed E-state index contributed by atoms with van der Waals surface area (Å²) < 4.78 is 13.4. The highest BCUT2D eigenvalue weighted by Crippen LogP contribution is 2.20. The van der Waals surface area contributed by atoms with Gasteiger partial charge in [0.1, 0.15) is 11.6 Å². The van der Waals surface area contributed by atoms with Crippen LogP contribution >= 0.6 is 0 Å². The van der Waals surface area contributed by atoms with Crippen LogP contribution in [0.2, 0.25) is 0 Å². The summed E-state index contributed by atoms with van der Waals surface area (Å²) in [5.74, 6) is 2.60. The Morgan fingerprint density at radius 2 is 1.88 bits per heavy atom. The second kappa shape index (κ2) is 10.9. The number of ether oxygens (including phenoxy) is 1. The fourth-order valence-electron chi connectivity index (χ4n) is 3.87. The molecule has 0 saturated carbocycles. The van der Waals surface area contributed by atoms with Gasteiger partial charge in [-0.1, -0.05) is 38.1 Å². The number of imidazole rings is 1. The highest BCUT2D eigenvalue weighted by Gasteiger charge is 2.11. The molecule has 0 atom stereocenters. The summed E-state index contributed by atoms with van der Waals surface area (Å²) in [6.45, 7) is 6.43. The maximum Gasteiger partial charge on any atom is 0.286 e. The van der Waals surface area contributed by atoms with Crippen LogP contribution in [0.4, 0.5) is 0 Å². The van der Waals surface area contributed by atoms with Crippen LogP contribution in [0.25, 0.3) is 11.0 Å². The zero-order valence-corrected chi connectivity index (χ0v) is 19.3. The molecule has 172 valence electrons. The zero-order chi connectivity index (χ0) is 23.0. The molecule has 0 unspecified atom stereocenters. The van der Waals surface area contributed by atoms with E-state index < -0.39 is 0 Å². The number of amides is 1. The van der Waals surface area contributed by atoms with Gasteiger partial charge in [0.2, 0.25) is 0 Å². The van der Waals surface area contributed by atoms with E-state index in [1.165, 1.54) is 11.8 Å². The molecule has 0 aliphatic heterocycles. The molecule has 1 N–H and O–H groups in total. The third kappa shape index (κ3) is 5.83. The van der Waals surface area contributed by atoms with Crippen molar-refractivity contribution in [2.24, 2.45) is 0 Å². The third-order valence-electron chi connectivity index (χ3n) is 5.68. The van der Waals surface area contributed by atoms with Crippen molar-refractivity contribution in [3.8, 4) is 5.75 Å². The normalized spacial score (nSPS) is 11.2. The number of hydrogen-bond acceptors (Lipinski definition) is 4. The Hall–Kier alpha value is -3.54. The Kier molecular flexibility index (Phi) is 7.45. The van der Waals surface area contributed by atoms with Crippen molar-refractivity contribution in [2.45, 2.75) is 45.6 Å². The van der Waals surface area contributed by atoms with Crippen LogP contribution in [0, 0.1) is 0 Å². The van der Waals surface area contributed by atoms with E-state index in [0.29, 0.717) is 24.8 Å². The summed E-state index contributed by atoms with van der Waals surface area (Å²) in [4.78, 5) is 16.9. The van der Waals surface area contributed by atoms with Crippen molar-refractivity contribution >= 4 is 16.9 Å². The van der Waals surface area contributed by atoms with Crippen molar-refractivity contribution < 1.29 is 13.9 Å². The second-order valence-electron chi connectivity index (χ2n) is 8.43. The van der Waals surface area contributed by atoms with Gasteiger partial charge in [0, 0.05) is 19.5 Å². The zero-order valence-electron chi connectivity index (χ0n) is 19.3. The molecule has 4 aromatic rings. The van der Waals surface area contributed by atoms with Gasteiger partial charge in [-0.3, -0.25) is 4.79 Å². The third-order valence-corrected chi connectivity index (χ3v) is 5.68. The van der Waals surface area contributed by atoms with Gasteiger partial charge < -0.3 is 19.0 Å². The monoisotopic (exact) mass is 445 g/mol. The number of para-hydroxylation sites is 2. The summed E-state index contributed by atoms with van der Waals surface area (Å²) in [5, 5.41) is 2.90. The molecule has 4 rings (SSSR count). The van der Waals surface area contributed by atoms with Crippen LogP contribution in [0.5, 0.6) is 5.75 Å². The Balaban J connectivity index is 1.31. The van der Waals surface area contributed by atoms with Gasteiger partial charge in [-0.2, -0.15) is 0 Å². The van der Waals surface area contributed by atoms with E-state index in [9.17, 15) is 4.79 Å². The summed E-state index contributed by atoms with van der Waals surface area (Å²) in [6.07, 6.45) is 3.97. The SMILES string of the molecule is CC(C)c1ccc(OCCCn2c(CCCNC(=O)c3ccco3)nc3ccccc32)cc1. The van der Waals surface area contributed by atoms with Gasteiger partial charge >= 0.3 is 0 Å². The largest absolute Gasteiger partial charge is 0.494 e. The molecular formula is C27H31N3O3. The minimum Gasteiger partial charge on any atom is -0.494 e. The average Bonchev–Trinajstić information content (AvgIpc) is 3.48. The van der Waals surface area contributed by atoms with E-state index in [1.54, 1.807) is 12.1 Å². The summed E-state index contributed by atoms with van der Waals surface area (Å²) in [5.41, 5.74) is 3.45.